The highest BCUT2D eigenvalue weighted by atomic mass is 35.5. The zero-order valence-electron chi connectivity index (χ0n) is 12.1. The Morgan fingerprint density at radius 2 is 2.23 bits per heavy atom. The molecule has 1 aliphatic heterocycles. The summed E-state index contributed by atoms with van der Waals surface area (Å²) in [4.78, 5) is 14.9. The lowest BCUT2D eigenvalue weighted by Gasteiger charge is -2.30. The summed E-state index contributed by atoms with van der Waals surface area (Å²) in [5, 5.41) is 8.37. The Labute approximate surface area is 142 Å². The molecule has 0 bridgehead atoms. The summed E-state index contributed by atoms with van der Waals surface area (Å²) in [6.45, 7) is 3.93. The number of aromatic nitrogens is 2. The number of thiophene rings is 1. The summed E-state index contributed by atoms with van der Waals surface area (Å²) < 4.78 is 6.24. The second-order valence-electron chi connectivity index (χ2n) is 5.33. The van der Waals surface area contributed by atoms with Crippen LogP contribution in [0.25, 0.3) is 10.8 Å². The van der Waals surface area contributed by atoms with Crippen LogP contribution in [0, 0.1) is 5.92 Å². The second-order valence-corrected chi connectivity index (χ2v) is 7.97. The van der Waals surface area contributed by atoms with Gasteiger partial charge in [-0.1, -0.05) is 30.3 Å². The third-order valence-corrected chi connectivity index (χ3v) is 5.67. The number of hydrogen-bond donors (Lipinski definition) is 0. The molecule has 1 aliphatic rings. The molecular weight excluding hydrogens is 342 g/mol. The Kier molecular flexibility index (Phi) is 5.05. The Morgan fingerprint density at radius 3 is 2.91 bits per heavy atom. The smallest absolute Gasteiger partial charge is 0.277 e. The Hall–Kier alpha value is -1.05. The number of nitrogens with zero attached hydrogens (tertiary/aromatic N) is 3. The summed E-state index contributed by atoms with van der Waals surface area (Å²) in [5.41, 5.74) is 0. The molecule has 1 fully saturated rings. The minimum absolute atomic E-state index is 0.135. The molecule has 0 N–H and O–H groups in total. The van der Waals surface area contributed by atoms with Gasteiger partial charge in [-0.15, -0.1) is 21.5 Å². The van der Waals surface area contributed by atoms with Crippen molar-refractivity contribution in [1.82, 2.24) is 15.1 Å². The van der Waals surface area contributed by atoms with Crippen LogP contribution in [0.4, 0.5) is 0 Å². The van der Waals surface area contributed by atoms with E-state index < -0.39 is 0 Å². The molecule has 0 atom stereocenters. The van der Waals surface area contributed by atoms with E-state index in [1.165, 1.54) is 23.1 Å². The fraction of sp³-hybridized carbons (Fsp3) is 0.500. The van der Waals surface area contributed by atoms with Gasteiger partial charge < -0.3 is 9.32 Å². The first-order valence-corrected chi connectivity index (χ1v) is 9.29. The van der Waals surface area contributed by atoms with Crippen LogP contribution in [-0.4, -0.2) is 39.8 Å². The van der Waals surface area contributed by atoms with Crippen LogP contribution in [0.15, 0.2) is 21.8 Å². The van der Waals surface area contributed by atoms with Crippen LogP contribution >= 0.6 is 34.7 Å². The molecule has 118 valence electrons. The average Bonchev–Trinajstić information content (AvgIpc) is 3.14. The van der Waals surface area contributed by atoms with Gasteiger partial charge in [-0.25, -0.2) is 0 Å². The zero-order chi connectivity index (χ0) is 15.5. The molecule has 1 amide bonds. The average molecular weight is 358 g/mol. The molecule has 1 saturated heterocycles. The maximum atomic E-state index is 12.2. The van der Waals surface area contributed by atoms with Crippen LogP contribution in [0.1, 0.15) is 19.8 Å². The normalized spacial score (nSPS) is 16.2. The van der Waals surface area contributed by atoms with Crippen molar-refractivity contribution >= 4 is 40.6 Å². The zero-order valence-corrected chi connectivity index (χ0v) is 14.5. The number of halogens is 1. The van der Waals surface area contributed by atoms with Gasteiger partial charge in [0.2, 0.25) is 5.91 Å². The van der Waals surface area contributed by atoms with Crippen molar-refractivity contribution in [2.75, 3.05) is 18.8 Å². The summed E-state index contributed by atoms with van der Waals surface area (Å²) >= 11 is 8.56. The number of carbonyl (C=O) groups is 1. The van der Waals surface area contributed by atoms with Crippen molar-refractivity contribution in [3.8, 4) is 10.8 Å². The number of piperidine rings is 1. The number of rotatable bonds is 4. The summed E-state index contributed by atoms with van der Waals surface area (Å²) in [7, 11) is 0. The minimum Gasteiger partial charge on any atom is -0.410 e. The first kappa shape index (κ1) is 15.8. The van der Waals surface area contributed by atoms with Gasteiger partial charge in [-0.3, -0.25) is 4.79 Å². The van der Waals surface area contributed by atoms with Gasteiger partial charge in [0.1, 0.15) is 0 Å². The Balaban J connectivity index is 1.53. The van der Waals surface area contributed by atoms with E-state index in [1.54, 1.807) is 6.07 Å². The van der Waals surface area contributed by atoms with Gasteiger partial charge in [-0.2, -0.15) is 0 Å². The van der Waals surface area contributed by atoms with E-state index in [1.807, 2.05) is 11.0 Å². The lowest BCUT2D eigenvalue weighted by atomic mass is 9.99. The van der Waals surface area contributed by atoms with Crippen LogP contribution in [0.3, 0.4) is 0 Å². The standard InChI is InChI=1S/C14H16ClN3O2S2/c1-9-4-6-18(7-5-9)12(19)8-21-14-17-16-13(20-14)10-2-3-11(15)22-10/h2-3,9H,4-8H2,1H3. The maximum Gasteiger partial charge on any atom is 0.277 e. The highest BCUT2D eigenvalue weighted by Gasteiger charge is 2.21. The molecule has 8 heteroatoms. The molecular formula is C14H16ClN3O2S2. The number of likely N-dealkylation sites (tertiary alicyclic amines) is 1. The van der Waals surface area contributed by atoms with Crippen molar-refractivity contribution in [3.63, 3.8) is 0 Å². The van der Waals surface area contributed by atoms with Crippen molar-refractivity contribution in [3.05, 3.63) is 16.5 Å². The quantitative estimate of drug-likeness (QED) is 0.779. The van der Waals surface area contributed by atoms with Crippen LogP contribution in [0.5, 0.6) is 0 Å². The van der Waals surface area contributed by atoms with E-state index >= 15 is 0 Å². The molecule has 0 spiro atoms. The summed E-state index contributed by atoms with van der Waals surface area (Å²) in [6.07, 6.45) is 2.17. The van der Waals surface area contributed by atoms with Crippen molar-refractivity contribution in [1.29, 1.82) is 0 Å². The Bertz CT molecular complexity index is 650. The molecule has 0 aromatic carbocycles. The third kappa shape index (κ3) is 3.83. The van der Waals surface area contributed by atoms with Crippen molar-refractivity contribution < 1.29 is 9.21 Å². The second kappa shape index (κ2) is 7.02. The van der Waals surface area contributed by atoms with Crippen LogP contribution < -0.4 is 0 Å². The largest absolute Gasteiger partial charge is 0.410 e. The molecule has 0 unspecified atom stereocenters. The van der Waals surface area contributed by atoms with E-state index in [4.69, 9.17) is 16.0 Å². The van der Waals surface area contributed by atoms with Gasteiger partial charge >= 0.3 is 0 Å². The van der Waals surface area contributed by atoms with E-state index in [-0.39, 0.29) is 5.91 Å². The van der Waals surface area contributed by atoms with Crippen molar-refractivity contribution in [2.24, 2.45) is 5.92 Å². The molecule has 2 aromatic heterocycles. The fourth-order valence-electron chi connectivity index (χ4n) is 2.27. The lowest BCUT2D eigenvalue weighted by Crippen LogP contribution is -2.38. The number of hydrogen-bond acceptors (Lipinski definition) is 6. The molecule has 3 heterocycles. The van der Waals surface area contributed by atoms with Gasteiger partial charge in [-0.05, 0) is 30.9 Å². The predicted molar refractivity (Wildman–Crippen MR) is 88.3 cm³/mol. The fourth-order valence-corrected chi connectivity index (χ4v) is 3.90. The number of amides is 1. The highest BCUT2D eigenvalue weighted by molar-refractivity contribution is 7.99. The SMILES string of the molecule is CC1CCN(C(=O)CSc2nnc(-c3ccc(Cl)s3)o2)CC1. The van der Waals surface area contributed by atoms with Gasteiger partial charge in [0.15, 0.2) is 0 Å². The van der Waals surface area contributed by atoms with Gasteiger partial charge in [0, 0.05) is 13.1 Å². The molecule has 5 nitrogen and oxygen atoms in total. The number of carbonyl (C=O) groups excluding carboxylic acids is 1. The van der Waals surface area contributed by atoms with E-state index in [0.717, 1.165) is 30.8 Å². The van der Waals surface area contributed by atoms with E-state index in [9.17, 15) is 4.79 Å². The summed E-state index contributed by atoms with van der Waals surface area (Å²) in [5.74, 6) is 1.63. The molecule has 0 aliphatic carbocycles. The molecule has 0 saturated carbocycles. The van der Waals surface area contributed by atoms with E-state index in [0.29, 0.717) is 27.1 Å². The highest BCUT2D eigenvalue weighted by Crippen LogP contribution is 2.31. The topological polar surface area (TPSA) is 59.2 Å². The van der Waals surface area contributed by atoms with Gasteiger partial charge in [0.05, 0.1) is 15.0 Å². The monoisotopic (exact) mass is 357 g/mol. The van der Waals surface area contributed by atoms with Crippen molar-refractivity contribution in [2.45, 2.75) is 25.0 Å². The molecule has 3 rings (SSSR count). The number of thioether (sulfide) groups is 1. The first-order chi connectivity index (χ1) is 10.6. The Morgan fingerprint density at radius 1 is 1.45 bits per heavy atom. The van der Waals surface area contributed by atoms with Crippen LogP contribution in [0.2, 0.25) is 4.34 Å². The van der Waals surface area contributed by atoms with Gasteiger partial charge in [0.25, 0.3) is 11.1 Å². The molecule has 0 radical (unpaired) electrons. The van der Waals surface area contributed by atoms with E-state index in [2.05, 4.69) is 17.1 Å². The third-order valence-electron chi connectivity index (χ3n) is 3.65. The van der Waals surface area contributed by atoms with Crippen LogP contribution in [-0.2, 0) is 4.79 Å². The molecule has 22 heavy (non-hydrogen) atoms. The first-order valence-electron chi connectivity index (χ1n) is 7.11. The maximum absolute atomic E-state index is 12.2. The summed E-state index contributed by atoms with van der Waals surface area (Å²) in [6, 6.07) is 3.63. The lowest BCUT2D eigenvalue weighted by molar-refractivity contribution is -0.129. The molecule has 2 aromatic rings. The predicted octanol–water partition coefficient (Wildman–Crippen LogP) is 3.80. The minimum atomic E-state index is 0.135.